The van der Waals surface area contributed by atoms with Crippen molar-refractivity contribution in [2.45, 2.75) is 0 Å². The van der Waals surface area contributed by atoms with Gasteiger partial charge in [0, 0.05) is 22.8 Å². The fourth-order valence-electron chi connectivity index (χ4n) is 2.30. The zero-order valence-corrected chi connectivity index (χ0v) is 13.0. The van der Waals surface area contributed by atoms with E-state index in [1.807, 2.05) is 0 Å². The molecule has 0 unspecified atom stereocenters. The van der Waals surface area contributed by atoms with Crippen molar-refractivity contribution < 1.29 is 14.3 Å². The van der Waals surface area contributed by atoms with E-state index < -0.39 is 21.2 Å². The zero-order valence-electron chi connectivity index (χ0n) is 12.3. The molecule has 0 spiro atoms. The molecule has 0 amide bonds. The fraction of sp³-hybridized carbons (Fsp3) is 0. The molecule has 1 N–H and O–H groups in total. The van der Waals surface area contributed by atoms with Crippen molar-refractivity contribution in [2.75, 3.05) is 5.32 Å². The van der Waals surface area contributed by atoms with Crippen LogP contribution in [0, 0.1) is 20.2 Å². The molecule has 0 aliphatic carbocycles. The highest BCUT2D eigenvalue weighted by Crippen LogP contribution is 2.35. The first-order valence-electron chi connectivity index (χ1n) is 6.79. The summed E-state index contributed by atoms with van der Waals surface area (Å²) in [6.45, 7) is 0. The highest BCUT2D eigenvalue weighted by atomic mass is 35.5. The number of nitrogens with one attached hydrogen (secondary N) is 1. The van der Waals surface area contributed by atoms with Gasteiger partial charge in [-0.1, -0.05) is 17.7 Å². The Balaban J connectivity index is 2.32. The van der Waals surface area contributed by atoms with E-state index in [2.05, 4.69) is 5.32 Å². The van der Waals surface area contributed by atoms with Gasteiger partial charge in [0.15, 0.2) is 0 Å². The first kappa shape index (κ1) is 16.4. The first-order chi connectivity index (χ1) is 11.9. The lowest BCUT2D eigenvalue weighted by molar-refractivity contribution is -0.386. The second-order valence-corrected chi connectivity index (χ2v) is 5.38. The summed E-state index contributed by atoms with van der Waals surface area (Å²) in [6, 6.07) is 9.71. The monoisotopic (exact) mass is 361 g/mol. The van der Waals surface area contributed by atoms with E-state index in [9.17, 15) is 25.0 Å². The van der Waals surface area contributed by atoms with Crippen LogP contribution in [0.5, 0.6) is 0 Å². The second kappa shape index (κ2) is 6.21. The molecule has 0 bridgehead atoms. The van der Waals surface area contributed by atoms with Crippen LogP contribution in [-0.2, 0) is 0 Å². The van der Waals surface area contributed by atoms with Crippen LogP contribution in [0.4, 0.5) is 22.7 Å². The smallest absolute Gasteiger partial charge is 0.417 e. The van der Waals surface area contributed by atoms with Gasteiger partial charge in [-0.15, -0.1) is 0 Å². The Bertz CT molecular complexity index is 1080. The predicted octanol–water partition coefficient (Wildman–Crippen LogP) is 4.01. The van der Waals surface area contributed by atoms with Gasteiger partial charge < -0.3 is 9.73 Å². The number of anilines is 2. The predicted molar refractivity (Wildman–Crippen MR) is 90.5 cm³/mol. The van der Waals surface area contributed by atoms with Gasteiger partial charge in [0.1, 0.15) is 11.3 Å². The molecule has 9 nitrogen and oxygen atoms in total. The van der Waals surface area contributed by atoms with Crippen LogP contribution in [0.25, 0.3) is 11.0 Å². The van der Waals surface area contributed by atoms with Gasteiger partial charge in [-0.3, -0.25) is 20.2 Å². The largest absolute Gasteiger partial charge is 0.418 e. The molecule has 0 radical (unpaired) electrons. The number of benzene rings is 2. The van der Waals surface area contributed by atoms with E-state index in [-0.39, 0.29) is 22.3 Å². The lowest BCUT2D eigenvalue weighted by atomic mass is 10.1. The molecule has 0 atom stereocenters. The average molecular weight is 362 g/mol. The molecule has 3 rings (SSSR count). The normalized spacial score (nSPS) is 10.6. The molecular weight excluding hydrogens is 354 g/mol. The quantitative estimate of drug-likeness (QED) is 0.422. The van der Waals surface area contributed by atoms with Crippen LogP contribution < -0.4 is 10.9 Å². The van der Waals surface area contributed by atoms with Crippen molar-refractivity contribution in [3.05, 3.63) is 78.1 Å². The number of nitrogens with zero attached hydrogens (tertiary/aromatic N) is 2. The Morgan fingerprint density at radius 3 is 2.44 bits per heavy atom. The van der Waals surface area contributed by atoms with E-state index in [4.69, 9.17) is 16.0 Å². The summed E-state index contributed by atoms with van der Waals surface area (Å²) in [5, 5.41) is 25.4. The summed E-state index contributed by atoms with van der Waals surface area (Å²) in [4.78, 5) is 32.7. The van der Waals surface area contributed by atoms with Crippen molar-refractivity contribution in [2.24, 2.45) is 0 Å². The van der Waals surface area contributed by atoms with Gasteiger partial charge in [-0.25, -0.2) is 4.79 Å². The maximum absolute atomic E-state index is 12.0. The van der Waals surface area contributed by atoms with Crippen LogP contribution in [0.15, 0.2) is 51.7 Å². The number of hydrogen-bond donors (Lipinski definition) is 1. The van der Waals surface area contributed by atoms with Crippen LogP contribution in [0.1, 0.15) is 0 Å². The van der Waals surface area contributed by atoms with Gasteiger partial charge >= 0.3 is 11.3 Å². The van der Waals surface area contributed by atoms with E-state index in [1.165, 1.54) is 12.1 Å². The molecule has 10 heteroatoms. The first-order valence-corrected chi connectivity index (χ1v) is 7.17. The van der Waals surface area contributed by atoms with Crippen molar-refractivity contribution in [3.8, 4) is 0 Å². The summed E-state index contributed by atoms with van der Waals surface area (Å²) >= 11 is 5.89. The number of fused-ring (bicyclic) bond motifs is 1. The number of non-ortho nitro benzene ring substituents is 1. The minimum Gasteiger partial charge on any atom is -0.418 e. The van der Waals surface area contributed by atoms with Crippen molar-refractivity contribution in [3.63, 3.8) is 0 Å². The SMILES string of the molecule is O=c1oc2ccc([N+](=O)[O-])cc2c(Nc2cccc(Cl)c2)c1[N+](=O)[O-]. The maximum atomic E-state index is 12.0. The third-order valence-electron chi connectivity index (χ3n) is 3.35. The van der Waals surface area contributed by atoms with E-state index in [0.717, 1.165) is 12.1 Å². The van der Waals surface area contributed by atoms with Crippen molar-refractivity contribution in [1.82, 2.24) is 0 Å². The van der Waals surface area contributed by atoms with Crippen molar-refractivity contribution in [1.29, 1.82) is 0 Å². The molecule has 0 saturated heterocycles. The van der Waals surface area contributed by atoms with Gasteiger partial charge in [0.2, 0.25) is 0 Å². The Labute approximate surface area is 143 Å². The minimum absolute atomic E-state index is 0.0225. The number of halogens is 1. The molecular formula is C15H8ClN3O6. The van der Waals surface area contributed by atoms with E-state index >= 15 is 0 Å². The fourth-order valence-corrected chi connectivity index (χ4v) is 2.49. The average Bonchev–Trinajstić information content (AvgIpc) is 2.54. The van der Waals surface area contributed by atoms with E-state index in [0.29, 0.717) is 10.7 Å². The van der Waals surface area contributed by atoms with Gasteiger partial charge in [-0.05, 0) is 24.3 Å². The Hall–Kier alpha value is -3.46. The van der Waals surface area contributed by atoms with Crippen LogP contribution >= 0.6 is 11.6 Å². The summed E-state index contributed by atoms with van der Waals surface area (Å²) < 4.78 is 4.91. The van der Waals surface area contributed by atoms with Crippen LogP contribution in [-0.4, -0.2) is 9.85 Å². The Morgan fingerprint density at radius 2 is 1.80 bits per heavy atom. The van der Waals surface area contributed by atoms with Crippen LogP contribution in [0.2, 0.25) is 5.02 Å². The minimum atomic E-state index is -1.17. The molecule has 0 aliphatic rings. The number of nitro benzene ring substituents is 1. The molecule has 0 aliphatic heterocycles. The topological polar surface area (TPSA) is 129 Å². The molecule has 0 saturated carbocycles. The van der Waals surface area contributed by atoms with Gasteiger partial charge in [-0.2, -0.15) is 0 Å². The molecule has 126 valence electrons. The molecule has 25 heavy (non-hydrogen) atoms. The third-order valence-corrected chi connectivity index (χ3v) is 3.59. The number of rotatable bonds is 4. The lowest BCUT2D eigenvalue weighted by Gasteiger charge is -2.09. The highest BCUT2D eigenvalue weighted by molar-refractivity contribution is 6.30. The Kier molecular flexibility index (Phi) is 4.07. The maximum Gasteiger partial charge on any atom is 0.417 e. The number of nitro groups is 2. The zero-order chi connectivity index (χ0) is 18.1. The molecule has 2 aromatic carbocycles. The van der Waals surface area contributed by atoms with E-state index in [1.54, 1.807) is 18.2 Å². The summed E-state index contributed by atoms with van der Waals surface area (Å²) in [7, 11) is 0. The molecule has 0 fully saturated rings. The van der Waals surface area contributed by atoms with Crippen molar-refractivity contribution >= 4 is 45.3 Å². The molecule has 1 heterocycles. The molecule has 3 aromatic rings. The summed E-state index contributed by atoms with van der Waals surface area (Å²) in [5.41, 5.74) is -2.18. The number of hydrogen-bond acceptors (Lipinski definition) is 7. The van der Waals surface area contributed by atoms with Gasteiger partial charge in [0.05, 0.1) is 15.2 Å². The second-order valence-electron chi connectivity index (χ2n) is 4.94. The van der Waals surface area contributed by atoms with Gasteiger partial charge in [0.25, 0.3) is 5.69 Å². The Morgan fingerprint density at radius 1 is 1.04 bits per heavy atom. The summed E-state index contributed by atoms with van der Waals surface area (Å²) in [5.74, 6) is 0. The molecule has 1 aromatic heterocycles. The highest BCUT2D eigenvalue weighted by Gasteiger charge is 2.26. The standard InChI is InChI=1S/C15H8ClN3O6/c16-8-2-1-3-9(6-8)17-13-11-7-10(18(21)22)4-5-12(11)25-15(20)14(13)19(23)24/h1-7,17H. The third kappa shape index (κ3) is 3.12. The summed E-state index contributed by atoms with van der Waals surface area (Å²) in [6.07, 6.45) is 0. The lowest BCUT2D eigenvalue weighted by Crippen LogP contribution is -2.10. The van der Waals surface area contributed by atoms with Crippen LogP contribution in [0.3, 0.4) is 0 Å².